The highest BCUT2D eigenvalue weighted by Gasteiger charge is 2.25. The van der Waals surface area contributed by atoms with E-state index in [4.69, 9.17) is 4.74 Å². The van der Waals surface area contributed by atoms with Crippen molar-refractivity contribution in [2.45, 2.75) is 83.0 Å². The average Bonchev–Trinajstić information content (AvgIpc) is 2.55. The van der Waals surface area contributed by atoms with E-state index in [1.54, 1.807) is 0 Å². The molecule has 0 unspecified atom stereocenters. The lowest BCUT2D eigenvalue weighted by atomic mass is 9.80. The van der Waals surface area contributed by atoms with Crippen LogP contribution in [-0.4, -0.2) is 20.8 Å². The van der Waals surface area contributed by atoms with E-state index in [2.05, 4.69) is 34.6 Å². The predicted molar refractivity (Wildman–Crippen MR) is 106 cm³/mol. The van der Waals surface area contributed by atoms with Gasteiger partial charge in [0.05, 0.1) is 12.4 Å². The van der Waals surface area contributed by atoms with Gasteiger partial charge < -0.3 is 4.74 Å². The normalized spacial score (nSPS) is 12.4. The zero-order valence-corrected chi connectivity index (χ0v) is 17.3. The average molecular weight is 368 g/mol. The van der Waals surface area contributed by atoms with E-state index in [-0.39, 0.29) is 11.2 Å². The van der Waals surface area contributed by atoms with Gasteiger partial charge in [0.2, 0.25) is 0 Å². The molecular formula is C21H35O3S. The second kappa shape index (κ2) is 10.2. The zero-order chi connectivity index (χ0) is 18.9. The van der Waals surface area contributed by atoms with Gasteiger partial charge in [-0.1, -0.05) is 66.4 Å². The maximum Gasteiger partial charge on any atom is 0.182 e. The Morgan fingerprint density at radius 1 is 1.08 bits per heavy atom. The Kier molecular flexibility index (Phi) is 8.98. The minimum atomic E-state index is -3.37. The van der Waals surface area contributed by atoms with Crippen molar-refractivity contribution in [3.63, 3.8) is 0 Å². The third-order valence-electron chi connectivity index (χ3n) is 4.63. The fourth-order valence-corrected chi connectivity index (χ4v) is 4.22. The molecule has 0 heterocycles. The maximum atomic E-state index is 12.7. The Morgan fingerprint density at radius 3 is 2.36 bits per heavy atom. The van der Waals surface area contributed by atoms with Crippen LogP contribution in [0.4, 0.5) is 0 Å². The molecule has 0 aliphatic rings. The predicted octanol–water partition coefficient (Wildman–Crippen LogP) is 5.72. The van der Waals surface area contributed by atoms with Crippen LogP contribution < -0.4 is 4.74 Å². The van der Waals surface area contributed by atoms with Gasteiger partial charge in [0.15, 0.2) is 9.84 Å². The van der Waals surface area contributed by atoms with E-state index >= 15 is 0 Å². The lowest BCUT2D eigenvalue weighted by Crippen LogP contribution is -2.18. The van der Waals surface area contributed by atoms with Gasteiger partial charge in [-0.05, 0) is 42.4 Å². The molecule has 0 atom stereocenters. The number of hydrogen-bond donors (Lipinski definition) is 0. The van der Waals surface area contributed by atoms with Gasteiger partial charge in [-0.2, -0.15) is 0 Å². The summed E-state index contributed by atoms with van der Waals surface area (Å²) in [6.07, 6.45) is 6.88. The Balaban J connectivity index is 3.18. The number of ether oxygens (including phenoxy) is 1. The van der Waals surface area contributed by atoms with E-state index in [1.807, 2.05) is 18.2 Å². The summed E-state index contributed by atoms with van der Waals surface area (Å²) in [6.45, 7) is 12.9. The number of unbranched alkanes of at least 4 members (excludes halogenated alkanes) is 3. The summed E-state index contributed by atoms with van der Waals surface area (Å²) in [6, 6.07) is 5.69. The van der Waals surface area contributed by atoms with Crippen LogP contribution in [0.25, 0.3) is 0 Å². The first-order valence-corrected chi connectivity index (χ1v) is 11.2. The molecule has 0 N–H and O–H groups in total. The first kappa shape index (κ1) is 22.0. The van der Waals surface area contributed by atoms with Gasteiger partial charge in [-0.15, -0.1) is 0 Å². The molecule has 0 aromatic heterocycles. The van der Waals surface area contributed by atoms with Gasteiger partial charge in [-0.25, -0.2) is 8.42 Å². The Bertz CT molecular complexity index is 618. The van der Waals surface area contributed by atoms with Crippen LogP contribution in [0.15, 0.2) is 23.1 Å². The molecule has 1 rings (SSSR count). The fourth-order valence-electron chi connectivity index (χ4n) is 2.88. The van der Waals surface area contributed by atoms with Crippen LogP contribution in [0.2, 0.25) is 0 Å². The molecule has 0 fully saturated rings. The highest BCUT2D eigenvalue weighted by molar-refractivity contribution is 7.91. The van der Waals surface area contributed by atoms with Crippen LogP contribution in [0, 0.1) is 6.92 Å². The minimum absolute atomic E-state index is 0.0497. The van der Waals surface area contributed by atoms with Crippen molar-refractivity contribution in [2.75, 3.05) is 12.4 Å². The largest absolute Gasteiger partial charge is 0.492 e. The van der Waals surface area contributed by atoms with Gasteiger partial charge in [0.1, 0.15) is 10.6 Å². The summed E-state index contributed by atoms with van der Waals surface area (Å²) in [5.41, 5.74) is 1.01. The Labute approximate surface area is 155 Å². The second-order valence-corrected chi connectivity index (χ2v) is 9.45. The van der Waals surface area contributed by atoms with Gasteiger partial charge in [0, 0.05) is 0 Å². The van der Waals surface area contributed by atoms with Crippen molar-refractivity contribution in [3.05, 3.63) is 30.7 Å². The molecule has 0 bridgehead atoms. The molecule has 4 heteroatoms. The van der Waals surface area contributed by atoms with Crippen molar-refractivity contribution >= 4 is 9.84 Å². The minimum Gasteiger partial charge on any atom is -0.492 e. The van der Waals surface area contributed by atoms with Crippen molar-refractivity contribution in [2.24, 2.45) is 0 Å². The Morgan fingerprint density at radius 2 is 1.76 bits per heavy atom. The number of sulfone groups is 1. The summed E-state index contributed by atoms with van der Waals surface area (Å²) in [4.78, 5) is 0.327. The lowest BCUT2D eigenvalue weighted by molar-refractivity contribution is 0.301. The summed E-state index contributed by atoms with van der Waals surface area (Å²) >= 11 is 0. The zero-order valence-electron chi connectivity index (χ0n) is 16.4. The number of hydrogen-bond acceptors (Lipinski definition) is 3. The molecule has 0 saturated carbocycles. The van der Waals surface area contributed by atoms with E-state index < -0.39 is 9.84 Å². The van der Waals surface area contributed by atoms with Crippen LogP contribution in [0.3, 0.4) is 0 Å². The van der Waals surface area contributed by atoms with E-state index in [0.29, 0.717) is 23.7 Å². The quantitative estimate of drug-likeness (QED) is 0.444. The molecule has 1 aromatic carbocycles. The summed E-state index contributed by atoms with van der Waals surface area (Å²) in [5.74, 6) is 0.534. The molecule has 0 saturated heterocycles. The van der Waals surface area contributed by atoms with Crippen LogP contribution in [0.5, 0.6) is 5.75 Å². The summed E-state index contributed by atoms with van der Waals surface area (Å²) < 4.78 is 31.2. The molecule has 0 amide bonds. The third-order valence-corrected chi connectivity index (χ3v) is 6.45. The Hall–Kier alpha value is -1.03. The van der Waals surface area contributed by atoms with Crippen LogP contribution in [-0.2, 0) is 15.3 Å². The molecule has 1 aromatic rings. The molecule has 25 heavy (non-hydrogen) atoms. The third kappa shape index (κ3) is 6.65. The number of benzene rings is 1. The monoisotopic (exact) mass is 367 g/mol. The molecule has 3 nitrogen and oxygen atoms in total. The molecule has 143 valence electrons. The highest BCUT2D eigenvalue weighted by Crippen LogP contribution is 2.35. The fraction of sp³-hybridized carbons (Fsp3) is 0.667. The molecule has 0 aliphatic heterocycles. The lowest BCUT2D eigenvalue weighted by Gasteiger charge is -2.26. The molecule has 1 radical (unpaired) electrons. The van der Waals surface area contributed by atoms with Crippen molar-refractivity contribution in [3.8, 4) is 5.75 Å². The first-order chi connectivity index (χ1) is 11.8. The summed E-state index contributed by atoms with van der Waals surface area (Å²) in [7, 11) is -3.37. The maximum absolute atomic E-state index is 12.7. The van der Waals surface area contributed by atoms with Crippen molar-refractivity contribution in [1.29, 1.82) is 0 Å². The molecule has 0 aliphatic carbocycles. The summed E-state index contributed by atoms with van der Waals surface area (Å²) in [5, 5.41) is 0. The van der Waals surface area contributed by atoms with E-state index in [9.17, 15) is 8.42 Å². The van der Waals surface area contributed by atoms with E-state index in [1.165, 1.54) is 12.8 Å². The van der Waals surface area contributed by atoms with Crippen LogP contribution in [0.1, 0.15) is 78.2 Å². The van der Waals surface area contributed by atoms with Crippen molar-refractivity contribution in [1.82, 2.24) is 0 Å². The number of rotatable bonds is 12. The SMILES string of the molecule is [CH2]CCS(=O)(=O)c1cc(C(C)(C)CCCCC)ccc1OCCCC. The van der Waals surface area contributed by atoms with Crippen LogP contribution >= 0.6 is 0 Å². The first-order valence-electron chi connectivity index (χ1n) is 9.57. The van der Waals surface area contributed by atoms with Crippen molar-refractivity contribution < 1.29 is 13.2 Å². The topological polar surface area (TPSA) is 43.4 Å². The highest BCUT2D eigenvalue weighted by atomic mass is 32.2. The van der Waals surface area contributed by atoms with Gasteiger partial charge in [-0.3, -0.25) is 0 Å². The second-order valence-electron chi connectivity index (χ2n) is 7.38. The van der Waals surface area contributed by atoms with Gasteiger partial charge >= 0.3 is 0 Å². The smallest absolute Gasteiger partial charge is 0.182 e. The molecular weight excluding hydrogens is 332 g/mol. The molecule has 0 spiro atoms. The van der Waals surface area contributed by atoms with E-state index in [0.717, 1.165) is 31.2 Å². The van der Waals surface area contributed by atoms with Gasteiger partial charge in [0.25, 0.3) is 0 Å². The standard InChI is InChI=1S/C21H35O3S/c1-6-9-11-14-21(4,5)18-12-13-19(24-15-10-7-2)20(17-18)25(22,23)16-8-3/h12-13,17H,3,6-11,14-16H2,1-2,4-5H3.